The third kappa shape index (κ3) is 3.99. The van der Waals surface area contributed by atoms with Crippen molar-refractivity contribution in [2.24, 2.45) is 5.92 Å². The Morgan fingerprint density at radius 3 is 2.48 bits per heavy atom. The van der Waals surface area contributed by atoms with Gasteiger partial charge in [0.1, 0.15) is 0 Å². The molecule has 150 valence electrons. The van der Waals surface area contributed by atoms with Crippen LogP contribution in [0.4, 0.5) is 21.9 Å². The van der Waals surface area contributed by atoms with Gasteiger partial charge in [-0.3, -0.25) is 14.9 Å². The van der Waals surface area contributed by atoms with E-state index in [4.69, 9.17) is 0 Å². The Labute approximate surface area is 170 Å². The van der Waals surface area contributed by atoms with Crippen molar-refractivity contribution < 1.29 is 14.4 Å². The van der Waals surface area contributed by atoms with Crippen LogP contribution in [0.25, 0.3) is 0 Å². The van der Waals surface area contributed by atoms with Gasteiger partial charge in [-0.15, -0.1) is 0 Å². The second kappa shape index (κ2) is 8.18. The van der Waals surface area contributed by atoms with Crippen LogP contribution >= 0.6 is 0 Å². The van der Waals surface area contributed by atoms with Crippen LogP contribution in [0.5, 0.6) is 0 Å². The maximum Gasteiger partial charge on any atom is 0.335 e. The molecular formula is C22H24N4O3. The highest BCUT2D eigenvalue weighted by molar-refractivity contribution is 6.29. The zero-order valence-electron chi connectivity index (χ0n) is 16.9. The quantitative estimate of drug-likeness (QED) is 0.763. The summed E-state index contributed by atoms with van der Waals surface area (Å²) in [6.07, 6.45) is 1.68. The number of nitrogens with one attached hydrogen (secondary N) is 2. The van der Waals surface area contributed by atoms with Crippen molar-refractivity contribution in [3.63, 3.8) is 0 Å². The Morgan fingerprint density at radius 1 is 1.10 bits per heavy atom. The van der Waals surface area contributed by atoms with Gasteiger partial charge in [0, 0.05) is 31.2 Å². The molecule has 1 heterocycles. The molecule has 3 rings (SSSR count). The molecule has 0 unspecified atom stereocenters. The Kier molecular flexibility index (Phi) is 5.68. The van der Waals surface area contributed by atoms with Crippen molar-refractivity contribution in [3.8, 4) is 0 Å². The summed E-state index contributed by atoms with van der Waals surface area (Å²) in [7, 11) is 3.86. The predicted octanol–water partition coefficient (Wildman–Crippen LogP) is 3.28. The summed E-state index contributed by atoms with van der Waals surface area (Å²) >= 11 is 0. The zero-order chi connectivity index (χ0) is 21.1. The Balaban J connectivity index is 1.94. The number of benzene rings is 2. The van der Waals surface area contributed by atoms with E-state index in [2.05, 4.69) is 10.6 Å². The molecule has 1 aliphatic rings. The first-order valence-corrected chi connectivity index (χ1v) is 9.28. The van der Waals surface area contributed by atoms with Crippen LogP contribution in [-0.4, -0.2) is 31.9 Å². The first-order valence-electron chi connectivity index (χ1n) is 9.28. The first kappa shape index (κ1) is 20.1. The van der Waals surface area contributed by atoms with Crippen molar-refractivity contribution in [1.82, 2.24) is 5.32 Å². The maximum atomic E-state index is 13.2. The molecule has 4 amide bonds. The number of carbonyl (C=O) groups excluding carboxylic acids is 3. The van der Waals surface area contributed by atoms with E-state index in [1.54, 1.807) is 25.1 Å². The van der Waals surface area contributed by atoms with E-state index in [0.29, 0.717) is 11.4 Å². The summed E-state index contributed by atoms with van der Waals surface area (Å²) in [5, 5.41) is 5.47. The molecule has 1 fully saturated rings. The molecular weight excluding hydrogens is 368 g/mol. The fraction of sp³-hybridized carbons (Fsp3) is 0.227. The van der Waals surface area contributed by atoms with Crippen LogP contribution in [0.15, 0.2) is 60.3 Å². The van der Waals surface area contributed by atoms with Crippen LogP contribution < -0.4 is 20.4 Å². The van der Waals surface area contributed by atoms with Gasteiger partial charge in [-0.25, -0.2) is 9.69 Å². The minimum atomic E-state index is -1.15. The molecule has 7 heteroatoms. The lowest BCUT2D eigenvalue weighted by molar-refractivity contribution is -0.132. The van der Waals surface area contributed by atoms with Crippen LogP contribution in [0, 0.1) is 12.8 Å². The van der Waals surface area contributed by atoms with Crippen molar-refractivity contribution in [2.75, 3.05) is 29.2 Å². The Morgan fingerprint density at radius 2 is 1.83 bits per heavy atom. The molecule has 7 nitrogen and oxygen atoms in total. The molecule has 1 atom stereocenters. The molecule has 0 aromatic heterocycles. The summed E-state index contributed by atoms with van der Waals surface area (Å²) < 4.78 is 0. The van der Waals surface area contributed by atoms with E-state index in [-0.39, 0.29) is 0 Å². The summed E-state index contributed by atoms with van der Waals surface area (Å²) in [6.45, 7) is 3.55. The fourth-order valence-electron chi connectivity index (χ4n) is 3.23. The van der Waals surface area contributed by atoms with Crippen molar-refractivity contribution in [3.05, 3.63) is 65.9 Å². The molecule has 1 saturated heterocycles. The number of urea groups is 1. The second-order valence-corrected chi connectivity index (χ2v) is 7.00. The molecule has 0 radical (unpaired) electrons. The lowest BCUT2D eigenvalue weighted by atomic mass is 9.98. The van der Waals surface area contributed by atoms with Gasteiger partial charge in [0.2, 0.25) is 5.91 Å². The van der Waals surface area contributed by atoms with Crippen LogP contribution in [-0.2, 0) is 9.59 Å². The summed E-state index contributed by atoms with van der Waals surface area (Å²) in [4.78, 5) is 41.2. The van der Waals surface area contributed by atoms with Crippen molar-refractivity contribution >= 4 is 34.9 Å². The van der Waals surface area contributed by atoms with E-state index in [1.165, 1.54) is 0 Å². The lowest BCUT2D eigenvalue weighted by Crippen LogP contribution is -2.59. The Bertz CT molecular complexity index is 997. The number of rotatable bonds is 5. The van der Waals surface area contributed by atoms with E-state index < -0.39 is 23.8 Å². The topological polar surface area (TPSA) is 81.8 Å². The van der Waals surface area contributed by atoms with Gasteiger partial charge in [-0.1, -0.05) is 30.3 Å². The molecule has 0 aliphatic carbocycles. The monoisotopic (exact) mass is 392 g/mol. The van der Waals surface area contributed by atoms with Gasteiger partial charge in [-0.05, 0) is 43.7 Å². The molecule has 1 aliphatic heterocycles. The van der Waals surface area contributed by atoms with Crippen LogP contribution in [0.1, 0.15) is 12.5 Å². The molecule has 2 aromatic carbocycles. The highest BCUT2D eigenvalue weighted by Crippen LogP contribution is 2.28. The maximum absolute atomic E-state index is 13.2. The first-order chi connectivity index (χ1) is 13.8. The van der Waals surface area contributed by atoms with E-state index in [1.807, 2.05) is 62.3 Å². The van der Waals surface area contributed by atoms with Gasteiger partial charge in [0.15, 0.2) is 5.92 Å². The third-order valence-corrected chi connectivity index (χ3v) is 4.79. The second-order valence-electron chi connectivity index (χ2n) is 7.00. The van der Waals surface area contributed by atoms with Gasteiger partial charge in [0.05, 0.1) is 5.69 Å². The van der Waals surface area contributed by atoms with Gasteiger partial charge in [-0.2, -0.15) is 0 Å². The minimum Gasteiger partial charge on any atom is -0.378 e. The number of barbiturate groups is 1. The minimum absolute atomic E-state index is 0.412. The number of anilines is 3. The molecule has 0 saturated carbocycles. The number of hydrogen-bond acceptors (Lipinski definition) is 5. The smallest absolute Gasteiger partial charge is 0.335 e. The number of amides is 4. The van der Waals surface area contributed by atoms with Gasteiger partial charge in [0.25, 0.3) is 5.91 Å². The number of hydrogen-bond donors (Lipinski definition) is 2. The lowest BCUT2D eigenvalue weighted by Gasteiger charge is -2.32. The number of nitrogens with zero attached hydrogens (tertiary/aromatic N) is 2. The largest absolute Gasteiger partial charge is 0.378 e. The van der Waals surface area contributed by atoms with Crippen LogP contribution in [0.3, 0.4) is 0 Å². The van der Waals surface area contributed by atoms with E-state index in [0.717, 1.165) is 21.8 Å². The highest BCUT2D eigenvalue weighted by atomic mass is 16.2. The average molecular weight is 392 g/mol. The molecule has 29 heavy (non-hydrogen) atoms. The van der Waals surface area contributed by atoms with E-state index in [9.17, 15) is 14.4 Å². The SMILES string of the molecule is C/C=C(/Nc1cccc(N(C)C)c1)[C@H]1C(=O)NC(=O)N(c2ccccc2C)C1=O. The standard InChI is InChI=1S/C22H24N4O3/c1-5-17(23-15-10-8-11-16(13-15)25(3)4)19-20(27)24-22(29)26(21(19)28)18-12-7-6-9-14(18)2/h5-13,19,23H,1-4H3,(H,24,27,29)/b17-5+/t19-/m0/s1. The van der Waals surface area contributed by atoms with Crippen LogP contribution in [0.2, 0.25) is 0 Å². The van der Waals surface area contributed by atoms with Gasteiger partial charge >= 0.3 is 6.03 Å². The Hall–Kier alpha value is -3.61. The number of para-hydroxylation sites is 1. The average Bonchev–Trinajstić information content (AvgIpc) is 2.68. The van der Waals surface area contributed by atoms with Crippen molar-refractivity contribution in [2.45, 2.75) is 13.8 Å². The molecule has 2 N–H and O–H groups in total. The number of aryl methyl sites for hydroxylation is 1. The fourth-order valence-corrected chi connectivity index (χ4v) is 3.23. The molecule has 2 aromatic rings. The molecule has 0 bridgehead atoms. The number of carbonyl (C=O) groups is 3. The highest BCUT2D eigenvalue weighted by Gasteiger charge is 2.43. The van der Waals surface area contributed by atoms with Gasteiger partial charge < -0.3 is 10.2 Å². The molecule has 0 spiro atoms. The predicted molar refractivity (Wildman–Crippen MR) is 114 cm³/mol. The normalized spacial score (nSPS) is 17.2. The summed E-state index contributed by atoms with van der Waals surface area (Å²) in [5.41, 5.74) is 3.34. The third-order valence-electron chi connectivity index (χ3n) is 4.79. The van der Waals surface area contributed by atoms with E-state index >= 15 is 0 Å². The summed E-state index contributed by atoms with van der Waals surface area (Å²) in [5.74, 6) is -2.38. The zero-order valence-corrected chi connectivity index (χ0v) is 16.9. The number of allylic oxidation sites excluding steroid dienone is 1. The van der Waals surface area contributed by atoms with Crippen molar-refractivity contribution in [1.29, 1.82) is 0 Å². The number of imide groups is 2. The summed E-state index contributed by atoms with van der Waals surface area (Å²) in [6, 6.07) is 13.9.